The van der Waals surface area contributed by atoms with E-state index in [4.69, 9.17) is 4.74 Å². The number of hydrazine groups is 1. The van der Waals surface area contributed by atoms with Gasteiger partial charge in [0.25, 0.3) is 23.4 Å². The first-order chi connectivity index (χ1) is 18.0. The van der Waals surface area contributed by atoms with E-state index in [1.54, 1.807) is 12.1 Å². The Balaban J connectivity index is 1.82. The lowest BCUT2D eigenvalue weighted by atomic mass is 10.1. The van der Waals surface area contributed by atoms with E-state index in [1.807, 2.05) is 0 Å². The number of Topliss-reactive ketones (excluding diaryl/α,β-unsaturated/α-hetero) is 1. The fourth-order valence-electron chi connectivity index (χ4n) is 3.70. The van der Waals surface area contributed by atoms with Gasteiger partial charge in [-0.15, -0.1) is 0 Å². The molecule has 10 nitrogen and oxygen atoms in total. The average molecular weight is 775 g/mol. The van der Waals surface area contributed by atoms with Crippen molar-refractivity contribution < 1.29 is 28.8 Å². The van der Waals surface area contributed by atoms with Gasteiger partial charge in [0.15, 0.2) is 5.78 Å². The van der Waals surface area contributed by atoms with E-state index in [-0.39, 0.29) is 36.9 Å². The van der Waals surface area contributed by atoms with Gasteiger partial charge >= 0.3 is 0 Å². The quantitative estimate of drug-likeness (QED) is 0.0700. The van der Waals surface area contributed by atoms with Crippen LogP contribution in [0.25, 0.3) is 0 Å². The molecule has 3 aromatic carbocycles. The topological polar surface area (TPSA) is 127 Å². The maximum absolute atomic E-state index is 13.7. The Hall–Kier alpha value is -2.94. The number of ketones is 1. The molecule has 0 saturated heterocycles. The average Bonchev–Trinajstić information content (AvgIpc) is 3.18. The minimum atomic E-state index is -0.963. The number of rotatable bonds is 7. The van der Waals surface area contributed by atoms with Crippen LogP contribution < -0.4 is 4.74 Å². The lowest BCUT2D eigenvalue weighted by Gasteiger charge is -2.29. The number of carbonyl (C=O) groups excluding carboxylic acids is 4. The van der Waals surface area contributed by atoms with Gasteiger partial charge in [-0.25, -0.2) is 5.01 Å². The number of hydrogen-bond acceptors (Lipinski definition) is 7. The van der Waals surface area contributed by atoms with E-state index in [0.29, 0.717) is 24.7 Å². The van der Waals surface area contributed by atoms with Gasteiger partial charge in [0.05, 0.1) is 23.2 Å². The number of ether oxygens (including phenoxy) is 1. The number of imide groups is 1. The maximum Gasteiger partial charge on any atom is 0.282 e. The third kappa shape index (κ3) is 4.93. The van der Waals surface area contributed by atoms with Gasteiger partial charge in [0.1, 0.15) is 12.3 Å². The van der Waals surface area contributed by atoms with Gasteiger partial charge in [0, 0.05) is 41.2 Å². The molecule has 0 unspecified atom stereocenters. The lowest BCUT2D eigenvalue weighted by molar-refractivity contribution is -0.384. The highest BCUT2D eigenvalue weighted by atomic mass is 79.9. The molecule has 0 fully saturated rings. The van der Waals surface area contributed by atoms with Crippen molar-refractivity contribution in [1.82, 2.24) is 10.0 Å². The van der Waals surface area contributed by atoms with Crippen LogP contribution in [0, 0.1) is 10.1 Å². The number of halogens is 4. The molecular weight excluding hydrogens is 762 g/mol. The number of nitro groups is 1. The zero-order valence-electron chi connectivity index (χ0n) is 19.0. The molecule has 38 heavy (non-hydrogen) atoms. The smallest absolute Gasteiger partial charge is 0.282 e. The van der Waals surface area contributed by atoms with E-state index in [0.717, 1.165) is 6.07 Å². The molecule has 0 spiro atoms. The zero-order valence-corrected chi connectivity index (χ0v) is 25.4. The molecule has 0 saturated carbocycles. The van der Waals surface area contributed by atoms with Crippen LogP contribution in [0.15, 0.2) is 66.4 Å². The molecule has 3 aromatic rings. The van der Waals surface area contributed by atoms with Crippen molar-refractivity contribution in [3.05, 3.63) is 98.8 Å². The second kappa shape index (κ2) is 11.0. The summed E-state index contributed by atoms with van der Waals surface area (Å²) in [5.41, 5.74) is -0.458. The SMILES string of the molecule is COc1ccc(C(=O)CN(C(=O)c2cccc([N+](=O)[O-])c2)N2C(=O)c3c(Br)c(Br)c(Br)c(Br)c3C2=O)cc1. The largest absolute Gasteiger partial charge is 0.497 e. The van der Waals surface area contributed by atoms with E-state index in [2.05, 4.69) is 63.7 Å². The molecule has 1 heterocycles. The second-order valence-electron chi connectivity index (χ2n) is 7.75. The van der Waals surface area contributed by atoms with Crippen LogP contribution in [-0.2, 0) is 0 Å². The predicted molar refractivity (Wildman–Crippen MR) is 149 cm³/mol. The normalized spacial score (nSPS) is 12.4. The summed E-state index contributed by atoms with van der Waals surface area (Å²) in [5.74, 6) is -2.80. The lowest BCUT2D eigenvalue weighted by Crippen LogP contribution is -2.51. The summed E-state index contributed by atoms with van der Waals surface area (Å²) in [5, 5.41) is 12.5. The summed E-state index contributed by atoms with van der Waals surface area (Å²) >= 11 is 13.3. The Morgan fingerprint density at radius 3 is 1.95 bits per heavy atom. The van der Waals surface area contributed by atoms with E-state index >= 15 is 0 Å². The highest BCUT2D eigenvalue weighted by molar-refractivity contribution is 9.15. The first kappa shape index (κ1) is 28.1. The number of methoxy groups -OCH3 is 1. The first-order valence-electron chi connectivity index (χ1n) is 10.5. The fourth-order valence-corrected chi connectivity index (χ4v) is 6.15. The summed E-state index contributed by atoms with van der Waals surface area (Å²) in [4.78, 5) is 64.7. The van der Waals surface area contributed by atoms with Crippen LogP contribution >= 0.6 is 63.7 Å². The van der Waals surface area contributed by atoms with Gasteiger partial charge in [-0.2, -0.15) is 5.01 Å². The Morgan fingerprint density at radius 2 is 1.45 bits per heavy atom. The number of nitrogens with zero attached hydrogens (tertiary/aromatic N) is 3. The van der Waals surface area contributed by atoms with Gasteiger partial charge in [-0.05, 0) is 94.1 Å². The number of benzene rings is 3. The molecule has 0 bridgehead atoms. The van der Waals surface area contributed by atoms with Crippen molar-refractivity contribution in [3.8, 4) is 5.75 Å². The van der Waals surface area contributed by atoms with E-state index in [9.17, 15) is 29.3 Å². The van der Waals surface area contributed by atoms with Crippen molar-refractivity contribution in [2.75, 3.05) is 13.7 Å². The van der Waals surface area contributed by atoms with Gasteiger partial charge < -0.3 is 4.74 Å². The number of hydrogen-bond donors (Lipinski definition) is 0. The molecule has 0 N–H and O–H groups in total. The fraction of sp³-hybridized carbons (Fsp3) is 0.0833. The summed E-state index contributed by atoms with van der Waals surface area (Å²) < 4.78 is 6.50. The van der Waals surface area contributed by atoms with E-state index in [1.165, 1.54) is 37.4 Å². The van der Waals surface area contributed by atoms with Crippen molar-refractivity contribution >= 4 is 92.9 Å². The first-order valence-corrected chi connectivity index (χ1v) is 13.6. The molecule has 0 aromatic heterocycles. The maximum atomic E-state index is 13.7. The summed E-state index contributed by atoms with van der Waals surface area (Å²) in [6.45, 7) is -0.711. The Morgan fingerprint density at radius 1 is 0.895 bits per heavy atom. The summed E-state index contributed by atoms with van der Waals surface area (Å²) in [7, 11) is 1.46. The zero-order chi connectivity index (χ0) is 27.9. The van der Waals surface area contributed by atoms with Gasteiger partial charge in [-0.1, -0.05) is 6.07 Å². The minimum absolute atomic E-state index is 0.0364. The number of carbonyl (C=O) groups is 4. The summed E-state index contributed by atoms with van der Waals surface area (Å²) in [6.07, 6.45) is 0. The van der Waals surface area contributed by atoms with Crippen LogP contribution in [0.3, 0.4) is 0 Å². The highest BCUT2D eigenvalue weighted by Crippen LogP contribution is 2.45. The van der Waals surface area contributed by atoms with Crippen LogP contribution in [0.1, 0.15) is 41.4 Å². The molecule has 0 atom stereocenters. The Labute approximate surface area is 248 Å². The number of nitro benzene ring substituents is 1. The third-order valence-electron chi connectivity index (χ3n) is 5.56. The van der Waals surface area contributed by atoms with Crippen LogP contribution in [-0.4, -0.2) is 52.1 Å². The number of non-ortho nitro benzene ring substituents is 1. The predicted octanol–water partition coefficient (Wildman–Crippen LogP) is 6.19. The van der Waals surface area contributed by atoms with Crippen LogP contribution in [0.4, 0.5) is 5.69 Å². The van der Waals surface area contributed by atoms with Gasteiger partial charge in [0.2, 0.25) is 0 Å². The number of amides is 3. The Kier molecular flexibility index (Phi) is 8.16. The van der Waals surface area contributed by atoms with Crippen molar-refractivity contribution in [1.29, 1.82) is 0 Å². The van der Waals surface area contributed by atoms with Gasteiger partial charge in [-0.3, -0.25) is 29.3 Å². The molecule has 4 rings (SSSR count). The number of fused-ring (bicyclic) bond motifs is 1. The highest BCUT2D eigenvalue weighted by Gasteiger charge is 2.46. The molecule has 194 valence electrons. The molecule has 0 radical (unpaired) electrons. The van der Waals surface area contributed by atoms with Crippen LogP contribution in [0.2, 0.25) is 0 Å². The van der Waals surface area contributed by atoms with Crippen molar-refractivity contribution in [2.45, 2.75) is 0 Å². The summed E-state index contributed by atoms with van der Waals surface area (Å²) in [6, 6.07) is 10.8. The van der Waals surface area contributed by atoms with Crippen molar-refractivity contribution in [3.63, 3.8) is 0 Å². The molecule has 1 aliphatic rings. The van der Waals surface area contributed by atoms with E-state index < -0.39 is 35.0 Å². The molecule has 0 aliphatic carbocycles. The Bertz CT molecular complexity index is 1500. The molecular formula is C24H13Br4N3O7. The minimum Gasteiger partial charge on any atom is -0.497 e. The van der Waals surface area contributed by atoms with Crippen molar-refractivity contribution in [2.24, 2.45) is 0 Å². The monoisotopic (exact) mass is 771 g/mol. The molecule has 3 amide bonds. The molecule has 1 aliphatic heterocycles. The standard InChI is InChI=1S/C24H13Br4N3O7/c1-38-14-7-5-11(6-8-14)15(32)10-29(22(33)12-3-2-4-13(9-12)31(36)37)30-23(34)16-17(24(30)35)19(26)21(28)20(27)18(16)25/h2-9H,10H2,1H3. The molecule has 14 heteroatoms. The second-order valence-corrected chi connectivity index (χ2v) is 10.9. The third-order valence-corrected chi connectivity index (χ3v) is 10.3. The van der Waals surface area contributed by atoms with Crippen LogP contribution in [0.5, 0.6) is 5.75 Å².